The van der Waals surface area contributed by atoms with Crippen molar-refractivity contribution in [3.8, 4) is 5.75 Å². The molecule has 1 fully saturated rings. The van der Waals surface area contributed by atoms with Crippen molar-refractivity contribution in [2.75, 3.05) is 39.8 Å². The largest absolute Gasteiger partial charge is 0.496 e. The van der Waals surface area contributed by atoms with Crippen LogP contribution < -0.4 is 10.1 Å². The molecule has 0 bridgehead atoms. The number of para-hydroxylation sites is 1. The summed E-state index contributed by atoms with van der Waals surface area (Å²) in [6.07, 6.45) is -9.79. The van der Waals surface area contributed by atoms with E-state index < -0.39 is 23.5 Å². The van der Waals surface area contributed by atoms with Gasteiger partial charge in [0.15, 0.2) is 0 Å². The summed E-state index contributed by atoms with van der Waals surface area (Å²) in [7, 11) is 1.58. The second-order valence-corrected chi connectivity index (χ2v) is 11.1. The van der Waals surface area contributed by atoms with Crippen molar-refractivity contribution < 1.29 is 31.1 Å². The molecular weight excluding hydrogens is 592 g/mol. The van der Waals surface area contributed by atoms with E-state index in [1.54, 1.807) is 7.11 Å². The minimum Gasteiger partial charge on any atom is -0.496 e. The molecule has 0 aromatic heterocycles. The Kier molecular flexibility index (Phi) is 10.2. The van der Waals surface area contributed by atoms with Crippen LogP contribution in [-0.2, 0) is 18.9 Å². The van der Waals surface area contributed by atoms with E-state index in [9.17, 15) is 26.3 Å². The molecular formula is C35H35F6N3O. The molecule has 1 aliphatic heterocycles. The van der Waals surface area contributed by atoms with Crippen LogP contribution in [0, 0.1) is 0 Å². The van der Waals surface area contributed by atoms with Gasteiger partial charge in [-0.1, -0.05) is 78.9 Å². The molecule has 1 N–H and O–H groups in total. The average molecular weight is 628 g/mol. The summed E-state index contributed by atoms with van der Waals surface area (Å²) in [6.45, 7) is 3.03. The van der Waals surface area contributed by atoms with Crippen molar-refractivity contribution in [3.05, 3.63) is 137 Å². The first-order valence-electron chi connectivity index (χ1n) is 14.7. The highest BCUT2D eigenvalue weighted by Crippen LogP contribution is 2.37. The number of alkyl halides is 6. The van der Waals surface area contributed by atoms with Crippen LogP contribution in [0.5, 0.6) is 5.75 Å². The molecule has 238 valence electrons. The number of hydrogen-bond acceptors (Lipinski definition) is 4. The maximum absolute atomic E-state index is 13.4. The Morgan fingerprint density at radius 1 is 0.667 bits per heavy atom. The third-order valence-corrected chi connectivity index (χ3v) is 8.20. The molecule has 10 heteroatoms. The monoisotopic (exact) mass is 627 g/mol. The molecule has 4 nitrogen and oxygen atoms in total. The minimum atomic E-state index is -4.90. The molecule has 0 amide bonds. The van der Waals surface area contributed by atoms with Crippen molar-refractivity contribution in [2.45, 2.75) is 31.0 Å². The number of hydrogen-bond donors (Lipinski definition) is 1. The summed E-state index contributed by atoms with van der Waals surface area (Å²) in [4.78, 5) is 4.73. The van der Waals surface area contributed by atoms with Crippen LogP contribution in [0.4, 0.5) is 26.3 Å². The van der Waals surface area contributed by atoms with E-state index in [1.165, 1.54) is 11.1 Å². The summed E-state index contributed by atoms with van der Waals surface area (Å²) in [5.41, 5.74) is 0.549. The number of methoxy groups -OCH3 is 1. The number of ether oxygens (including phenoxy) is 1. The summed E-state index contributed by atoms with van der Waals surface area (Å²) >= 11 is 0. The van der Waals surface area contributed by atoms with Crippen LogP contribution >= 0.6 is 0 Å². The van der Waals surface area contributed by atoms with Crippen molar-refractivity contribution in [1.29, 1.82) is 0 Å². The highest BCUT2D eigenvalue weighted by atomic mass is 19.4. The molecule has 1 saturated heterocycles. The molecule has 0 saturated carbocycles. The Bertz CT molecular complexity index is 1450. The molecule has 4 aromatic rings. The van der Waals surface area contributed by atoms with Gasteiger partial charge in [-0.25, -0.2) is 0 Å². The number of halogens is 6. The maximum Gasteiger partial charge on any atom is 0.416 e. The number of nitrogens with zero attached hydrogens (tertiary/aromatic N) is 2. The van der Waals surface area contributed by atoms with Crippen molar-refractivity contribution >= 4 is 0 Å². The number of piperazine rings is 1. The Hall–Kier alpha value is -3.86. The van der Waals surface area contributed by atoms with Gasteiger partial charge in [-0.3, -0.25) is 9.80 Å². The van der Waals surface area contributed by atoms with E-state index in [-0.39, 0.29) is 30.3 Å². The Morgan fingerprint density at radius 3 is 1.67 bits per heavy atom. The fraction of sp³-hybridized carbons (Fsp3) is 0.314. The molecule has 1 aliphatic rings. The van der Waals surface area contributed by atoms with Gasteiger partial charge >= 0.3 is 12.4 Å². The molecule has 0 aliphatic carbocycles. The third kappa shape index (κ3) is 8.06. The number of rotatable bonds is 10. The van der Waals surface area contributed by atoms with Gasteiger partial charge in [-0.15, -0.1) is 0 Å². The van der Waals surface area contributed by atoms with E-state index in [1.807, 2.05) is 60.7 Å². The second-order valence-electron chi connectivity index (χ2n) is 11.1. The smallest absolute Gasteiger partial charge is 0.416 e. The Morgan fingerprint density at radius 2 is 1.16 bits per heavy atom. The predicted molar refractivity (Wildman–Crippen MR) is 162 cm³/mol. The van der Waals surface area contributed by atoms with Crippen LogP contribution in [0.1, 0.15) is 45.5 Å². The van der Waals surface area contributed by atoms with Crippen molar-refractivity contribution in [3.63, 3.8) is 0 Å². The first-order chi connectivity index (χ1) is 21.5. The van der Waals surface area contributed by atoms with Gasteiger partial charge in [0.25, 0.3) is 0 Å². The molecule has 1 atom stereocenters. The second kappa shape index (κ2) is 14.1. The quantitative estimate of drug-likeness (QED) is 0.181. The van der Waals surface area contributed by atoms with Gasteiger partial charge in [-0.05, 0) is 41.0 Å². The lowest BCUT2D eigenvalue weighted by Crippen LogP contribution is -2.50. The van der Waals surface area contributed by atoms with Gasteiger partial charge in [-0.2, -0.15) is 26.3 Å². The summed E-state index contributed by atoms with van der Waals surface area (Å²) in [5.74, 6) is 0.664. The van der Waals surface area contributed by atoms with E-state index >= 15 is 0 Å². The first kappa shape index (κ1) is 32.5. The van der Waals surface area contributed by atoms with E-state index in [0.717, 1.165) is 30.8 Å². The lowest BCUT2D eigenvalue weighted by molar-refractivity contribution is -0.143. The Balaban J connectivity index is 1.35. The van der Waals surface area contributed by atoms with E-state index in [4.69, 9.17) is 4.74 Å². The zero-order valence-electron chi connectivity index (χ0n) is 24.8. The van der Waals surface area contributed by atoms with Gasteiger partial charge in [0.05, 0.1) is 30.3 Å². The van der Waals surface area contributed by atoms with Crippen LogP contribution in [-0.4, -0.2) is 49.6 Å². The standard InChI is InChI=1S/C35H35F6N3O/c1-45-32-15-9-8-14-30(32)31(24-42-23-25-20-28(34(36,37)38)22-29(21-25)35(39,40)41)43-16-18-44(19-17-43)33(26-10-4-2-5-11-26)27-12-6-3-7-13-27/h2-15,20-22,31,33,42H,16-19,23-24H2,1H3. The summed E-state index contributed by atoms with van der Waals surface area (Å²) in [6, 6.07) is 29.7. The highest BCUT2D eigenvalue weighted by molar-refractivity contribution is 5.37. The zero-order chi connectivity index (χ0) is 32.0. The molecule has 0 radical (unpaired) electrons. The normalized spacial score (nSPS) is 15.7. The van der Waals surface area contributed by atoms with Crippen LogP contribution in [0.3, 0.4) is 0 Å². The third-order valence-electron chi connectivity index (χ3n) is 8.20. The average Bonchev–Trinajstić information content (AvgIpc) is 3.04. The topological polar surface area (TPSA) is 27.7 Å². The highest BCUT2D eigenvalue weighted by Gasteiger charge is 2.37. The predicted octanol–water partition coefficient (Wildman–Crippen LogP) is 7.97. The molecule has 1 unspecified atom stereocenters. The SMILES string of the molecule is COc1ccccc1C(CNCc1cc(C(F)(F)F)cc(C(F)(F)F)c1)N1CCN(C(c2ccccc2)c2ccccc2)CC1. The van der Waals surface area contributed by atoms with Crippen LogP contribution in [0.15, 0.2) is 103 Å². The van der Waals surface area contributed by atoms with Gasteiger partial charge in [0.2, 0.25) is 0 Å². The van der Waals surface area contributed by atoms with E-state index in [2.05, 4.69) is 39.4 Å². The first-order valence-corrected chi connectivity index (χ1v) is 14.7. The zero-order valence-corrected chi connectivity index (χ0v) is 24.8. The van der Waals surface area contributed by atoms with Gasteiger partial charge in [0, 0.05) is 44.8 Å². The molecule has 1 heterocycles. The van der Waals surface area contributed by atoms with Crippen molar-refractivity contribution in [1.82, 2.24) is 15.1 Å². The van der Waals surface area contributed by atoms with Gasteiger partial charge in [0.1, 0.15) is 5.75 Å². The Labute approximate surface area is 259 Å². The fourth-order valence-corrected chi connectivity index (χ4v) is 6.04. The number of benzene rings is 4. The summed E-state index contributed by atoms with van der Waals surface area (Å²) < 4.78 is 86.2. The minimum absolute atomic E-state index is 0.0705. The fourth-order valence-electron chi connectivity index (χ4n) is 6.04. The van der Waals surface area contributed by atoms with Crippen LogP contribution in [0.2, 0.25) is 0 Å². The summed E-state index contributed by atoms with van der Waals surface area (Å²) in [5, 5.41) is 3.15. The lowest BCUT2D eigenvalue weighted by atomic mass is 9.96. The van der Waals surface area contributed by atoms with E-state index in [0.29, 0.717) is 25.4 Å². The number of nitrogens with one attached hydrogen (secondary N) is 1. The van der Waals surface area contributed by atoms with Crippen LogP contribution in [0.25, 0.3) is 0 Å². The van der Waals surface area contributed by atoms with Gasteiger partial charge < -0.3 is 10.1 Å². The molecule has 45 heavy (non-hydrogen) atoms. The molecule has 0 spiro atoms. The lowest BCUT2D eigenvalue weighted by Gasteiger charge is -2.43. The maximum atomic E-state index is 13.4. The van der Waals surface area contributed by atoms with Crippen molar-refractivity contribution in [2.24, 2.45) is 0 Å². The molecule has 4 aromatic carbocycles. The molecule has 5 rings (SSSR count).